The van der Waals surface area contributed by atoms with Gasteiger partial charge in [0.2, 0.25) is 0 Å². The van der Waals surface area contributed by atoms with Crippen molar-refractivity contribution in [2.45, 2.75) is 16.3 Å². The molecule has 0 saturated carbocycles. The van der Waals surface area contributed by atoms with Gasteiger partial charge in [-0.15, -0.1) is 0 Å². The fraction of sp³-hybridized carbons (Fsp3) is 0.0526. The van der Waals surface area contributed by atoms with E-state index in [9.17, 15) is 9.59 Å². The van der Waals surface area contributed by atoms with E-state index < -0.39 is 0 Å². The zero-order valence-corrected chi connectivity index (χ0v) is 15.5. The summed E-state index contributed by atoms with van der Waals surface area (Å²) in [5.41, 5.74) is 2.40. The maximum Gasteiger partial charge on any atom is 0.256 e. The van der Waals surface area contributed by atoms with Gasteiger partial charge in [-0.3, -0.25) is 9.59 Å². The molecule has 2 amide bonds. The molecule has 0 fully saturated rings. The molecular weight excluding hydrogens is 384 g/mol. The van der Waals surface area contributed by atoms with E-state index in [1.807, 2.05) is 6.07 Å². The van der Waals surface area contributed by atoms with Gasteiger partial charge in [-0.2, -0.15) is 0 Å². The number of rotatable bonds is 3. The van der Waals surface area contributed by atoms with Crippen LogP contribution in [-0.2, 0) is 6.54 Å². The second kappa shape index (κ2) is 7.38. The molecule has 0 spiro atoms. The Balaban J connectivity index is 1.56. The minimum absolute atomic E-state index is 0.230. The first kappa shape index (κ1) is 17.5. The first-order valence-corrected chi connectivity index (χ1v) is 9.24. The van der Waals surface area contributed by atoms with Crippen LogP contribution < -0.4 is 10.6 Å². The third-order valence-electron chi connectivity index (χ3n) is 3.97. The quantitative estimate of drug-likeness (QED) is 0.703. The van der Waals surface area contributed by atoms with Crippen LogP contribution in [0.25, 0.3) is 0 Å². The average Bonchev–Trinajstić information content (AvgIpc) is 2.81. The van der Waals surface area contributed by atoms with Crippen LogP contribution >= 0.6 is 23.4 Å². The highest BCUT2D eigenvalue weighted by atomic mass is 35.5. The van der Waals surface area contributed by atoms with Crippen LogP contribution in [0.2, 0.25) is 5.02 Å². The fourth-order valence-electron chi connectivity index (χ4n) is 2.64. The molecule has 0 unspecified atom stereocenters. The Labute approximate surface area is 164 Å². The highest BCUT2D eigenvalue weighted by Crippen LogP contribution is 2.40. The maximum atomic E-state index is 12.5. The van der Waals surface area contributed by atoms with E-state index in [2.05, 4.69) is 20.6 Å². The fourth-order valence-corrected chi connectivity index (χ4v) is 3.93. The Morgan fingerprint density at radius 2 is 1.93 bits per heavy atom. The molecule has 6 nitrogen and oxygen atoms in total. The summed E-state index contributed by atoms with van der Waals surface area (Å²) in [4.78, 5) is 34.4. The van der Waals surface area contributed by atoms with Crippen LogP contribution in [0, 0.1) is 0 Å². The predicted octanol–water partition coefficient (Wildman–Crippen LogP) is 3.78. The molecule has 2 N–H and O–H groups in total. The van der Waals surface area contributed by atoms with Gasteiger partial charge in [0.05, 0.1) is 11.3 Å². The first-order chi connectivity index (χ1) is 13.1. The number of aromatic nitrogens is 2. The molecule has 4 rings (SSSR count). The molecule has 0 aliphatic carbocycles. The third-order valence-corrected chi connectivity index (χ3v) is 5.33. The minimum Gasteiger partial charge on any atom is -0.348 e. The lowest BCUT2D eigenvalue weighted by atomic mass is 10.1. The van der Waals surface area contributed by atoms with Gasteiger partial charge in [0.25, 0.3) is 11.8 Å². The molecular formula is C19H13ClN4O2S. The number of hydrogen-bond donors (Lipinski definition) is 2. The van der Waals surface area contributed by atoms with Gasteiger partial charge in [-0.25, -0.2) is 9.97 Å². The van der Waals surface area contributed by atoms with Crippen molar-refractivity contribution >= 4 is 40.9 Å². The maximum absolute atomic E-state index is 12.5. The molecule has 3 aromatic rings. The standard InChI is InChI=1S/C19H13ClN4O2S/c20-13-2-3-14-17(6-13)27-16-4-1-12(5-15(16)24-19(14)26)18(25)23-9-11-7-21-10-22-8-11/h1-8,10H,9H2,(H,23,25)(H,24,26). The summed E-state index contributed by atoms with van der Waals surface area (Å²) in [6.07, 6.45) is 4.72. The van der Waals surface area contributed by atoms with Crippen LogP contribution in [0.4, 0.5) is 5.69 Å². The molecule has 2 aromatic carbocycles. The van der Waals surface area contributed by atoms with Gasteiger partial charge in [-0.1, -0.05) is 23.4 Å². The van der Waals surface area contributed by atoms with Crippen molar-refractivity contribution in [1.29, 1.82) is 0 Å². The average molecular weight is 397 g/mol. The third kappa shape index (κ3) is 3.79. The highest BCUT2D eigenvalue weighted by Gasteiger charge is 2.21. The predicted molar refractivity (Wildman–Crippen MR) is 103 cm³/mol. The summed E-state index contributed by atoms with van der Waals surface area (Å²) in [7, 11) is 0. The van der Waals surface area contributed by atoms with Crippen LogP contribution in [0.1, 0.15) is 26.3 Å². The Kier molecular flexibility index (Phi) is 4.79. The number of fused-ring (bicyclic) bond motifs is 2. The smallest absolute Gasteiger partial charge is 0.256 e. The Hall–Kier alpha value is -2.90. The molecule has 0 bridgehead atoms. The van der Waals surface area contributed by atoms with Gasteiger partial charge in [0.15, 0.2) is 0 Å². The molecule has 0 saturated heterocycles. The zero-order valence-electron chi connectivity index (χ0n) is 13.9. The summed E-state index contributed by atoms with van der Waals surface area (Å²) in [6.45, 7) is 0.321. The Morgan fingerprint density at radius 3 is 2.74 bits per heavy atom. The van der Waals surface area contributed by atoms with E-state index >= 15 is 0 Å². The topological polar surface area (TPSA) is 84.0 Å². The van der Waals surface area contributed by atoms with Crippen molar-refractivity contribution < 1.29 is 9.59 Å². The van der Waals surface area contributed by atoms with E-state index in [4.69, 9.17) is 11.6 Å². The van der Waals surface area contributed by atoms with Crippen molar-refractivity contribution in [2.24, 2.45) is 0 Å². The zero-order chi connectivity index (χ0) is 18.8. The van der Waals surface area contributed by atoms with Crippen molar-refractivity contribution in [3.8, 4) is 0 Å². The minimum atomic E-state index is -0.245. The van der Waals surface area contributed by atoms with E-state index in [1.54, 1.807) is 42.7 Å². The van der Waals surface area contributed by atoms with E-state index in [1.165, 1.54) is 18.1 Å². The summed E-state index contributed by atoms with van der Waals surface area (Å²) >= 11 is 7.49. The lowest BCUT2D eigenvalue weighted by Gasteiger charge is -2.09. The molecule has 0 atom stereocenters. The molecule has 1 aromatic heterocycles. The van der Waals surface area contributed by atoms with Crippen LogP contribution in [0.15, 0.2) is 64.9 Å². The Morgan fingerprint density at radius 1 is 1.11 bits per heavy atom. The number of nitrogens with one attached hydrogen (secondary N) is 2. The number of carbonyl (C=O) groups is 2. The SMILES string of the molecule is O=C(NCc1cncnc1)c1ccc2c(c1)NC(=O)c1ccc(Cl)cc1S2. The molecule has 8 heteroatoms. The molecule has 0 radical (unpaired) electrons. The van der Waals surface area contributed by atoms with Gasteiger partial charge < -0.3 is 10.6 Å². The Bertz CT molecular complexity index is 1040. The summed E-state index contributed by atoms with van der Waals surface area (Å²) < 4.78 is 0. The number of nitrogens with zero attached hydrogens (tertiary/aromatic N) is 2. The van der Waals surface area contributed by atoms with Crippen LogP contribution in [0.5, 0.6) is 0 Å². The largest absolute Gasteiger partial charge is 0.348 e. The molecule has 134 valence electrons. The van der Waals surface area contributed by atoms with Crippen LogP contribution in [0.3, 0.4) is 0 Å². The van der Waals surface area contributed by atoms with Gasteiger partial charge in [0, 0.05) is 44.9 Å². The normalized spacial score (nSPS) is 12.4. The number of anilines is 1. The monoisotopic (exact) mass is 396 g/mol. The van der Waals surface area contributed by atoms with E-state index in [-0.39, 0.29) is 11.8 Å². The number of carbonyl (C=O) groups excluding carboxylic acids is 2. The van der Waals surface area contributed by atoms with Crippen LogP contribution in [-0.4, -0.2) is 21.8 Å². The lowest BCUT2D eigenvalue weighted by molar-refractivity contribution is 0.0949. The summed E-state index contributed by atoms with van der Waals surface area (Å²) in [6, 6.07) is 10.4. The van der Waals surface area contributed by atoms with Gasteiger partial charge in [-0.05, 0) is 36.4 Å². The second-order valence-electron chi connectivity index (χ2n) is 5.84. The van der Waals surface area contributed by atoms with Gasteiger partial charge in [0.1, 0.15) is 6.33 Å². The molecule has 27 heavy (non-hydrogen) atoms. The summed E-state index contributed by atoms with van der Waals surface area (Å²) in [5, 5.41) is 6.25. The second-order valence-corrected chi connectivity index (χ2v) is 7.36. The van der Waals surface area contributed by atoms with Crippen molar-refractivity contribution in [1.82, 2.24) is 15.3 Å². The van der Waals surface area contributed by atoms with Crippen molar-refractivity contribution in [3.05, 3.63) is 76.8 Å². The van der Waals surface area contributed by atoms with Crippen molar-refractivity contribution in [3.63, 3.8) is 0 Å². The number of benzene rings is 2. The number of hydrogen-bond acceptors (Lipinski definition) is 5. The molecule has 2 heterocycles. The first-order valence-electron chi connectivity index (χ1n) is 8.05. The number of halogens is 1. The summed E-state index contributed by atoms with van der Waals surface area (Å²) in [5.74, 6) is -0.474. The number of amides is 2. The van der Waals surface area contributed by atoms with E-state index in [0.29, 0.717) is 28.4 Å². The molecule has 1 aliphatic rings. The highest BCUT2D eigenvalue weighted by molar-refractivity contribution is 7.99. The van der Waals surface area contributed by atoms with E-state index in [0.717, 1.165) is 15.4 Å². The molecule has 1 aliphatic heterocycles. The lowest BCUT2D eigenvalue weighted by Crippen LogP contribution is -2.23. The van der Waals surface area contributed by atoms with Gasteiger partial charge >= 0.3 is 0 Å². The van der Waals surface area contributed by atoms with Crippen molar-refractivity contribution in [2.75, 3.05) is 5.32 Å².